The molecular weight excluding hydrogens is 238 g/mol. The molecule has 1 amide bonds. The molecule has 0 fully saturated rings. The smallest absolute Gasteiger partial charge is 0.274 e. The number of aryl methyl sites for hydroxylation is 3. The molecule has 2 rings (SSSR count). The Labute approximate surface area is 112 Å². The van der Waals surface area contributed by atoms with Crippen LogP contribution in [0.4, 0.5) is 5.69 Å². The van der Waals surface area contributed by atoms with Gasteiger partial charge in [-0.05, 0) is 49.6 Å². The lowest BCUT2D eigenvalue weighted by Crippen LogP contribution is -2.14. The minimum absolute atomic E-state index is 0.208. The summed E-state index contributed by atoms with van der Waals surface area (Å²) in [6.07, 6.45) is 2.21. The van der Waals surface area contributed by atoms with E-state index in [2.05, 4.69) is 15.3 Å². The van der Waals surface area contributed by atoms with Crippen molar-refractivity contribution < 1.29 is 4.79 Å². The molecule has 0 radical (unpaired) electrons. The van der Waals surface area contributed by atoms with E-state index in [1.807, 2.05) is 39.0 Å². The molecule has 0 unspecified atom stereocenters. The highest BCUT2D eigenvalue weighted by atomic mass is 16.1. The summed E-state index contributed by atoms with van der Waals surface area (Å²) in [5.74, 6) is -0.208. The monoisotopic (exact) mass is 255 g/mol. The Hall–Kier alpha value is -2.23. The highest BCUT2D eigenvalue weighted by molar-refractivity contribution is 6.02. The Balaban J connectivity index is 2.18. The standard InChI is InChI=1S/C15H17N3O/c1-4-12-8-14(17-9-16-12)15(19)18-13-6-5-10(2)11(3)7-13/h5-9H,4H2,1-3H3,(H,18,19). The summed E-state index contributed by atoms with van der Waals surface area (Å²) in [7, 11) is 0. The number of carbonyl (C=O) groups excluding carboxylic acids is 1. The Bertz CT molecular complexity index is 608. The minimum Gasteiger partial charge on any atom is -0.321 e. The molecule has 98 valence electrons. The molecular formula is C15H17N3O. The van der Waals surface area contributed by atoms with Crippen LogP contribution < -0.4 is 5.32 Å². The van der Waals surface area contributed by atoms with Crippen molar-refractivity contribution in [3.8, 4) is 0 Å². The number of anilines is 1. The SMILES string of the molecule is CCc1cc(C(=O)Nc2ccc(C)c(C)c2)ncn1. The van der Waals surface area contributed by atoms with E-state index in [-0.39, 0.29) is 5.91 Å². The molecule has 0 aliphatic rings. The lowest BCUT2D eigenvalue weighted by atomic mass is 10.1. The second-order valence-electron chi connectivity index (χ2n) is 4.50. The number of nitrogens with zero attached hydrogens (tertiary/aromatic N) is 2. The van der Waals surface area contributed by atoms with Gasteiger partial charge in [0.1, 0.15) is 12.0 Å². The summed E-state index contributed by atoms with van der Waals surface area (Å²) in [5.41, 5.74) is 4.39. The molecule has 0 spiro atoms. The van der Waals surface area contributed by atoms with Gasteiger partial charge in [0, 0.05) is 11.4 Å². The van der Waals surface area contributed by atoms with Crippen molar-refractivity contribution in [2.45, 2.75) is 27.2 Å². The fourth-order valence-electron chi connectivity index (χ4n) is 1.73. The molecule has 0 saturated carbocycles. The molecule has 1 N–H and O–H groups in total. The third-order valence-electron chi connectivity index (χ3n) is 3.08. The molecule has 2 aromatic rings. The summed E-state index contributed by atoms with van der Waals surface area (Å²) >= 11 is 0. The maximum Gasteiger partial charge on any atom is 0.274 e. The van der Waals surface area contributed by atoms with Crippen LogP contribution in [0.5, 0.6) is 0 Å². The van der Waals surface area contributed by atoms with Gasteiger partial charge in [0.25, 0.3) is 5.91 Å². The Morgan fingerprint density at radius 2 is 1.95 bits per heavy atom. The van der Waals surface area contributed by atoms with E-state index in [1.165, 1.54) is 11.9 Å². The maximum atomic E-state index is 12.1. The third-order valence-corrected chi connectivity index (χ3v) is 3.08. The van der Waals surface area contributed by atoms with E-state index in [0.29, 0.717) is 5.69 Å². The number of hydrogen-bond acceptors (Lipinski definition) is 3. The Kier molecular flexibility index (Phi) is 3.90. The number of rotatable bonds is 3. The number of amides is 1. The topological polar surface area (TPSA) is 54.9 Å². The van der Waals surface area contributed by atoms with Crippen molar-refractivity contribution >= 4 is 11.6 Å². The first-order valence-corrected chi connectivity index (χ1v) is 6.29. The van der Waals surface area contributed by atoms with E-state index in [4.69, 9.17) is 0 Å². The molecule has 1 aromatic heterocycles. The van der Waals surface area contributed by atoms with Gasteiger partial charge in [-0.2, -0.15) is 0 Å². The van der Waals surface area contributed by atoms with Crippen LogP contribution in [0.15, 0.2) is 30.6 Å². The van der Waals surface area contributed by atoms with Crippen LogP contribution in [0.25, 0.3) is 0 Å². The molecule has 0 saturated heterocycles. The number of nitrogens with one attached hydrogen (secondary N) is 1. The molecule has 0 aliphatic carbocycles. The maximum absolute atomic E-state index is 12.1. The van der Waals surface area contributed by atoms with Gasteiger partial charge < -0.3 is 5.32 Å². The predicted molar refractivity (Wildman–Crippen MR) is 75.3 cm³/mol. The first kappa shape index (κ1) is 13.2. The van der Waals surface area contributed by atoms with Crippen LogP contribution >= 0.6 is 0 Å². The highest BCUT2D eigenvalue weighted by Crippen LogP contribution is 2.15. The molecule has 0 aliphatic heterocycles. The van der Waals surface area contributed by atoms with Gasteiger partial charge in [-0.3, -0.25) is 4.79 Å². The van der Waals surface area contributed by atoms with Crippen molar-refractivity contribution in [2.75, 3.05) is 5.32 Å². The number of hydrogen-bond donors (Lipinski definition) is 1. The number of benzene rings is 1. The van der Waals surface area contributed by atoms with Gasteiger partial charge in [0.2, 0.25) is 0 Å². The molecule has 0 atom stereocenters. The minimum atomic E-state index is -0.208. The van der Waals surface area contributed by atoms with E-state index in [0.717, 1.165) is 23.4 Å². The predicted octanol–water partition coefficient (Wildman–Crippen LogP) is 2.91. The van der Waals surface area contributed by atoms with Crippen molar-refractivity contribution in [2.24, 2.45) is 0 Å². The molecule has 4 nitrogen and oxygen atoms in total. The summed E-state index contributed by atoms with van der Waals surface area (Å²) in [4.78, 5) is 20.2. The molecule has 1 aromatic carbocycles. The first-order chi connectivity index (χ1) is 9.10. The average molecular weight is 255 g/mol. The lowest BCUT2D eigenvalue weighted by molar-refractivity contribution is 0.102. The molecule has 1 heterocycles. The summed E-state index contributed by atoms with van der Waals surface area (Å²) in [6.45, 7) is 6.05. The van der Waals surface area contributed by atoms with Crippen LogP contribution in [0.2, 0.25) is 0 Å². The quantitative estimate of drug-likeness (QED) is 0.917. The zero-order chi connectivity index (χ0) is 13.8. The zero-order valence-corrected chi connectivity index (χ0v) is 11.4. The molecule has 0 bridgehead atoms. The van der Waals surface area contributed by atoms with Gasteiger partial charge in [0.15, 0.2) is 0 Å². The van der Waals surface area contributed by atoms with Gasteiger partial charge in [0.05, 0.1) is 0 Å². The summed E-state index contributed by atoms with van der Waals surface area (Å²) < 4.78 is 0. The lowest BCUT2D eigenvalue weighted by Gasteiger charge is -2.07. The van der Waals surface area contributed by atoms with Gasteiger partial charge in [-0.15, -0.1) is 0 Å². The van der Waals surface area contributed by atoms with E-state index in [1.54, 1.807) is 6.07 Å². The van der Waals surface area contributed by atoms with E-state index >= 15 is 0 Å². The van der Waals surface area contributed by atoms with E-state index in [9.17, 15) is 4.79 Å². The van der Waals surface area contributed by atoms with Crippen LogP contribution in [-0.2, 0) is 6.42 Å². The fourth-order valence-corrected chi connectivity index (χ4v) is 1.73. The zero-order valence-electron chi connectivity index (χ0n) is 11.4. The van der Waals surface area contributed by atoms with Crippen molar-refractivity contribution in [1.29, 1.82) is 0 Å². The van der Waals surface area contributed by atoms with Gasteiger partial charge in [-0.1, -0.05) is 13.0 Å². The average Bonchev–Trinajstić information content (AvgIpc) is 2.43. The van der Waals surface area contributed by atoms with Crippen molar-refractivity contribution in [3.63, 3.8) is 0 Å². The van der Waals surface area contributed by atoms with Crippen LogP contribution in [0.3, 0.4) is 0 Å². The number of aromatic nitrogens is 2. The second-order valence-corrected chi connectivity index (χ2v) is 4.50. The highest BCUT2D eigenvalue weighted by Gasteiger charge is 2.09. The summed E-state index contributed by atoms with van der Waals surface area (Å²) in [5, 5.41) is 2.85. The van der Waals surface area contributed by atoms with Crippen LogP contribution in [-0.4, -0.2) is 15.9 Å². The molecule has 4 heteroatoms. The van der Waals surface area contributed by atoms with Crippen molar-refractivity contribution in [3.05, 3.63) is 53.1 Å². The fraction of sp³-hybridized carbons (Fsp3) is 0.267. The Morgan fingerprint density at radius 3 is 2.63 bits per heavy atom. The van der Waals surface area contributed by atoms with Crippen LogP contribution in [0, 0.1) is 13.8 Å². The second kappa shape index (κ2) is 5.61. The van der Waals surface area contributed by atoms with Gasteiger partial charge >= 0.3 is 0 Å². The largest absolute Gasteiger partial charge is 0.321 e. The third kappa shape index (κ3) is 3.16. The van der Waals surface area contributed by atoms with Crippen molar-refractivity contribution in [1.82, 2.24) is 9.97 Å². The number of carbonyl (C=O) groups is 1. The van der Waals surface area contributed by atoms with Crippen LogP contribution in [0.1, 0.15) is 34.2 Å². The normalized spacial score (nSPS) is 10.3. The molecule has 19 heavy (non-hydrogen) atoms. The van der Waals surface area contributed by atoms with E-state index < -0.39 is 0 Å². The van der Waals surface area contributed by atoms with Gasteiger partial charge in [-0.25, -0.2) is 9.97 Å². The Morgan fingerprint density at radius 1 is 1.16 bits per heavy atom. The first-order valence-electron chi connectivity index (χ1n) is 6.29. The summed E-state index contributed by atoms with van der Waals surface area (Å²) in [6, 6.07) is 7.55.